The Labute approximate surface area is 154 Å². The molecule has 4 rings (SSSR count). The Kier molecular flexibility index (Phi) is 5.18. The van der Waals surface area contributed by atoms with Gasteiger partial charge in [0, 0.05) is 31.5 Å². The quantitative estimate of drug-likeness (QED) is 0.806. The van der Waals surface area contributed by atoms with Gasteiger partial charge >= 0.3 is 6.03 Å². The minimum atomic E-state index is 0.0423. The number of hydrogen-bond acceptors (Lipinski definition) is 4. The van der Waals surface area contributed by atoms with Crippen molar-refractivity contribution in [2.24, 2.45) is 0 Å². The number of nitrogens with one attached hydrogen (secondary N) is 1. The van der Waals surface area contributed by atoms with E-state index in [0.717, 1.165) is 50.6 Å². The number of carbonyl (C=O) groups excluding carboxylic acids is 1. The van der Waals surface area contributed by atoms with Gasteiger partial charge in [-0.05, 0) is 44.1 Å². The van der Waals surface area contributed by atoms with Gasteiger partial charge in [-0.25, -0.2) is 4.79 Å². The minimum Gasteiger partial charge on any atom is -0.425 e. The summed E-state index contributed by atoms with van der Waals surface area (Å²) in [5.74, 6) is 2.35. The van der Waals surface area contributed by atoms with Crippen LogP contribution in [0.4, 0.5) is 4.79 Å². The zero-order chi connectivity index (χ0) is 17.8. The lowest BCUT2D eigenvalue weighted by molar-refractivity contribution is 0.177. The molecule has 2 aliphatic rings. The number of hydrogen-bond donors (Lipinski definition) is 1. The fraction of sp³-hybridized carbons (Fsp3) is 0.550. The molecule has 1 aromatic carbocycles. The van der Waals surface area contributed by atoms with Gasteiger partial charge in [-0.1, -0.05) is 30.3 Å². The van der Waals surface area contributed by atoms with Crippen molar-refractivity contribution >= 4 is 6.03 Å². The predicted octanol–water partition coefficient (Wildman–Crippen LogP) is 3.47. The molecule has 0 bridgehead atoms. The smallest absolute Gasteiger partial charge is 0.317 e. The number of benzene rings is 1. The van der Waals surface area contributed by atoms with Gasteiger partial charge in [0.1, 0.15) is 0 Å². The van der Waals surface area contributed by atoms with E-state index in [-0.39, 0.29) is 11.9 Å². The van der Waals surface area contributed by atoms with Crippen LogP contribution in [0.5, 0.6) is 0 Å². The van der Waals surface area contributed by atoms with Gasteiger partial charge in [0.2, 0.25) is 11.8 Å². The first-order valence-electron chi connectivity index (χ1n) is 9.69. The van der Waals surface area contributed by atoms with Gasteiger partial charge in [0.15, 0.2) is 0 Å². The minimum absolute atomic E-state index is 0.0423. The molecular formula is C20H26N4O2. The molecule has 2 aromatic rings. The molecule has 26 heavy (non-hydrogen) atoms. The molecule has 1 saturated carbocycles. The van der Waals surface area contributed by atoms with E-state index in [1.807, 2.05) is 11.0 Å². The highest BCUT2D eigenvalue weighted by molar-refractivity contribution is 5.74. The molecule has 1 N–H and O–H groups in total. The van der Waals surface area contributed by atoms with Crippen LogP contribution in [-0.4, -0.2) is 40.8 Å². The second-order valence-electron chi connectivity index (χ2n) is 7.34. The third-order valence-corrected chi connectivity index (χ3v) is 5.28. The molecule has 0 spiro atoms. The van der Waals surface area contributed by atoms with Crippen molar-refractivity contribution in [3.8, 4) is 0 Å². The highest BCUT2D eigenvalue weighted by atomic mass is 16.4. The molecule has 2 amide bonds. The van der Waals surface area contributed by atoms with Crippen LogP contribution in [0.25, 0.3) is 0 Å². The average Bonchev–Trinajstić information content (AvgIpc) is 3.43. The van der Waals surface area contributed by atoms with Gasteiger partial charge in [-0.2, -0.15) is 0 Å². The first-order valence-corrected chi connectivity index (χ1v) is 9.69. The number of piperidine rings is 1. The third-order valence-electron chi connectivity index (χ3n) is 5.28. The van der Waals surface area contributed by atoms with Crippen LogP contribution in [0, 0.1) is 0 Å². The largest absolute Gasteiger partial charge is 0.425 e. The van der Waals surface area contributed by atoms with E-state index in [2.05, 4.69) is 39.8 Å². The number of aromatic nitrogens is 2. The fourth-order valence-corrected chi connectivity index (χ4v) is 3.48. The van der Waals surface area contributed by atoms with Crippen molar-refractivity contribution in [1.82, 2.24) is 20.4 Å². The van der Waals surface area contributed by atoms with E-state index in [1.54, 1.807) is 0 Å². The van der Waals surface area contributed by atoms with Crippen LogP contribution in [0.2, 0.25) is 0 Å². The molecular weight excluding hydrogens is 328 g/mol. The maximum atomic E-state index is 12.3. The first kappa shape index (κ1) is 17.1. The Bertz CT molecular complexity index is 718. The van der Waals surface area contributed by atoms with Crippen LogP contribution in [0.3, 0.4) is 0 Å². The molecule has 1 aromatic heterocycles. The molecule has 6 heteroatoms. The topological polar surface area (TPSA) is 71.3 Å². The van der Waals surface area contributed by atoms with E-state index in [0.29, 0.717) is 12.5 Å². The van der Waals surface area contributed by atoms with E-state index < -0.39 is 0 Å². The van der Waals surface area contributed by atoms with Gasteiger partial charge in [-0.3, -0.25) is 0 Å². The molecule has 6 nitrogen and oxygen atoms in total. The van der Waals surface area contributed by atoms with Crippen molar-refractivity contribution in [2.75, 3.05) is 19.6 Å². The lowest BCUT2D eigenvalue weighted by Gasteiger charge is -2.30. The summed E-state index contributed by atoms with van der Waals surface area (Å²) in [4.78, 5) is 14.2. The first-order chi connectivity index (χ1) is 12.8. The zero-order valence-corrected chi connectivity index (χ0v) is 15.1. The second-order valence-corrected chi connectivity index (χ2v) is 7.34. The Morgan fingerprint density at radius 3 is 2.35 bits per heavy atom. The average molecular weight is 354 g/mol. The van der Waals surface area contributed by atoms with E-state index in [4.69, 9.17) is 4.42 Å². The van der Waals surface area contributed by atoms with Gasteiger partial charge < -0.3 is 14.6 Å². The summed E-state index contributed by atoms with van der Waals surface area (Å²) in [6.45, 7) is 2.20. The molecule has 0 atom stereocenters. The molecule has 2 fully saturated rings. The number of rotatable bonds is 6. The van der Waals surface area contributed by atoms with Gasteiger partial charge in [0.25, 0.3) is 0 Å². The molecule has 0 radical (unpaired) electrons. The van der Waals surface area contributed by atoms with Gasteiger partial charge in [-0.15, -0.1) is 10.2 Å². The highest BCUT2D eigenvalue weighted by Crippen LogP contribution is 2.40. The third kappa shape index (κ3) is 4.23. The van der Waals surface area contributed by atoms with E-state index in [1.165, 1.54) is 18.4 Å². The Morgan fingerprint density at radius 2 is 1.69 bits per heavy atom. The number of nitrogens with zero attached hydrogens (tertiary/aromatic N) is 3. The summed E-state index contributed by atoms with van der Waals surface area (Å²) in [5.41, 5.74) is 1.31. The van der Waals surface area contributed by atoms with Crippen LogP contribution in [0.1, 0.15) is 61.3 Å². The Hall–Kier alpha value is -2.37. The molecule has 2 heterocycles. The zero-order valence-electron chi connectivity index (χ0n) is 15.1. The van der Waals surface area contributed by atoms with Crippen LogP contribution in [-0.2, 0) is 6.42 Å². The van der Waals surface area contributed by atoms with Crippen molar-refractivity contribution < 1.29 is 9.21 Å². The summed E-state index contributed by atoms with van der Waals surface area (Å²) in [6, 6.07) is 10.4. The molecule has 138 valence electrons. The van der Waals surface area contributed by atoms with Crippen molar-refractivity contribution in [2.45, 2.75) is 50.4 Å². The Morgan fingerprint density at radius 1 is 1.04 bits per heavy atom. The van der Waals surface area contributed by atoms with Gasteiger partial charge in [0.05, 0.1) is 0 Å². The summed E-state index contributed by atoms with van der Waals surface area (Å²) < 4.78 is 5.82. The monoisotopic (exact) mass is 354 g/mol. The maximum Gasteiger partial charge on any atom is 0.317 e. The van der Waals surface area contributed by atoms with Crippen molar-refractivity contribution in [3.05, 3.63) is 47.7 Å². The second kappa shape index (κ2) is 7.89. The number of aryl methyl sites for hydroxylation is 1. The normalized spacial score (nSPS) is 18.1. The summed E-state index contributed by atoms with van der Waals surface area (Å²) >= 11 is 0. The van der Waals surface area contributed by atoms with Crippen molar-refractivity contribution in [1.29, 1.82) is 0 Å². The number of carbonyl (C=O) groups is 1. The maximum absolute atomic E-state index is 12.3. The summed E-state index contributed by atoms with van der Waals surface area (Å²) in [6.07, 6.45) is 6.07. The Balaban J connectivity index is 1.17. The van der Waals surface area contributed by atoms with Crippen molar-refractivity contribution in [3.63, 3.8) is 0 Å². The predicted molar refractivity (Wildman–Crippen MR) is 98.0 cm³/mol. The van der Waals surface area contributed by atoms with E-state index in [9.17, 15) is 4.79 Å². The SMILES string of the molecule is O=C(NCCCc1ccccc1)N1CCC(c2nnc(C3CC3)o2)CC1. The van der Waals surface area contributed by atoms with Crippen LogP contribution < -0.4 is 5.32 Å². The molecule has 1 aliphatic heterocycles. The standard InChI is InChI=1S/C20H26N4O2/c25-20(21-12-4-7-15-5-2-1-3-6-15)24-13-10-17(11-14-24)19-23-22-18(26-19)16-8-9-16/h1-3,5-6,16-17H,4,7-14H2,(H,21,25). The number of amides is 2. The fourth-order valence-electron chi connectivity index (χ4n) is 3.48. The molecule has 1 aliphatic carbocycles. The lowest BCUT2D eigenvalue weighted by Crippen LogP contribution is -2.44. The lowest BCUT2D eigenvalue weighted by atomic mass is 9.97. The number of urea groups is 1. The highest BCUT2D eigenvalue weighted by Gasteiger charge is 2.32. The van der Waals surface area contributed by atoms with Crippen LogP contribution >= 0.6 is 0 Å². The molecule has 0 unspecified atom stereocenters. The summed E-state index contributed by atoms with van der Waals surface area (Å²) in [7, 11) is 0. The number of likely N-dealkylation sites (tertiary alicyclic amines) is 1. The molecule has 1 saturated heterocycles. The van der Waals surface area contributed by atoms with E-state index >= 15 is 0 Å². The van der Waals surface area contributed by atoms with Crippen LogP contribution in [0.15, 0.2) is 34.7 Å². The summed E-state index contributed by atoms with van der Waals surface area (Å²) in [5, 5.41) is 11.4.